The number of benzene rings is 1. The minimum absolute atomic E-state index is 0.193. The van der Waals surface area contributed by atoms with E-state index in [9.17, 15) is 14.9 Å². The predicted octanol–water partition coefficient (Wildman–Crippen LogP) is 1.40. The molecule has 3 heterocycles. The van der Waals surface area contributed by atoms with Crippen LogP contribution in [0, 0.1) is 17.0 Å². The standard InChI is InChI=1S/C21H27N5O4/c1-16-22-20(24-8-6-17-4-2-3-5-18(17)7-9-24)19(26(28)29)21(27)25(16)11-10-23-12-14-30-15-13-23/h2-5H,6-15H2,1H3. The summed E-state index contributed by atoms with van der Waals surface area (Å²) in [6, 6.07) is 8.20. The van der Waals surface area contributed by atoms with Crippen molar-refractivity contribution >= 4 is 11.5 Å². The van der Waals surface area contributed by atoms with Gasteiger partial charge in [0.1, 0.15) is 5.82 Å². The smallest absolute Gasteiger partial charge is 0.376 e. The Morgan fingerprint density at radius 3 is 2.30 bits per heavy atom. The first-order valence-corrected chi connectivity index (χ1v) is 10.4. The van der Waals surface area contributed by atoms with E-state index in [1.807, 2.05) is 17.0 Å². The molecule has 1 saturated heterocycles. The first-order chi connectivity index (χ1) is 14.5. The molecular weight excluding hydrogens is 386 g/mol. The van der Waals surface area contributed by atoms with Crippen LogP contribution in [-0.4, -0.2) is 65.3 Å². The molecule has 2 aromatic rings. The molecule has 9 nitrogen and oxygen atoms in total. The number of hydrogen-bond acceptors (Lipinski definition) is 7. The monoisotopic (exact) mass is 413 g/mol. The van der Waals surface area contributed by atoms with Crippen molar-refractivity contribution in [1.82, 2.24) is 14.5 Å². The maximum Gasteiger partial charge on any atom is 0.376 e. The lowest BCUT2D eigenvalue weighted by Gasteiger charge is -2.27. The van der Waals surface area contributed by atoms with Crippen molar-refractivity contribution in [3.63, 3.8) is 0 Å². The van der Waals surface area contributed by atoms with E-state index in [0.29, 0.717) is 45.2 Å². The van der Waals surface area contributed by atoms with E-state index in [0.717, 1.165) is 25.9 Å². The third-order valence-electron chi connectivity index (χ3n) is 5.96. The molecule has 0 unspecified atom stereocenters. The minimum atomic E-state index is -0.576. The van der Waals surface area contributed by atoms with Crippen molar-refractivity contribution in [2.75, 3.05) is 50.8 Å². The van der Waals surface area contributed by atoms with Crippen LogP contribution in [0.4, 0.5) is 11.5 Å². The highest BCUT2D eigenvalue weighted by molar-refractivity contribution is 5.57. The van der Waals surface area contributed by atoms with Gasteiger partial charge in [-0.2, -0.15) is 0 Å². The molecule has 1 aromatic carbocycles. The molecule has 2 aliphatic heterocycles. The third-order valence-corrected chi connectivity index (χ3v) is 5.96. The van der Waals surface area contributed by atoms with Gasteiger partial charge in [0.05, 0.1) is 18.1 Å². The summed E-state index contributed by atoms with van der Waals surface area (Å²) in [5.41, 5.74) is 1.50. The van der Waals surface area contributed by atoms with Crippen molar-refractivity contribution in [2.24, 2.45) is 0 Å². The van der Waals surface area contributed by atoms with E-state index in [2.05, 4.69) is 22.0 Å². The van der Waals surface area contributed by atoms with E-state index in [-0.39, 0.29) is 5.82 Å². The summed E-state index contributed by atoms with van der Waals surface area (Å²) in [4.78, 5) is 33.0. The molecule has 9 heteroatoms. The fraction of sp³-hybridized carbons (Fsp3) is 0.524. The summed E-state index contributed by atoms with van der Waals surface area (Å²) in [5.74, 6) is 0.702. The summed E-state index contributed by atoms with van der Waals surface area (Å²) < 4.78 is 6.78. The molecule has 160 valence electrons. The summed E-state index contributed by atoms with van der Waals surface area (Å²) in [5, 5.41) is 11.9. The van der Waals surface area contributed by atoms with Crippen molar-refractivity contribution in [2.45, 2.75) is 26.3 Å². The van der Waals surface area contributed by atoms with Gasteiger partial charge in [0.15, 0.2) is 0 Å². The lowest BCUT2D eigenvalue weighted by molar-refractivity contribution is -0.386. The number of fused-ring (bicyclic) bond motifs is 1. The zero-order valence-electron chi connectivity index (χ0n) is 17.2. The molecule has 2 aliphatic rings. The lowest BCUT2D eigenvalue weighted by Crippen LogP contribution is -2.40. The number of nitrogens with zero attached hydrogens (tertiary/aromatic N) is 5. The molecule has 0 radical (unpaired) electrons. The number of anilines is 1. The minimum Gasteiger partial charge on any atom is -0.379 e. The highest BCUT2D eigenvalue weighted by atomic mass is 16.6. The number of ether oxygens (including phenoxy) is 1. The zero-order chi connectivity index (χ0) is 21.1. The second-order valence-electron chi connectivity index (χ2n) is 7.75. The Morgan fingerprint density at radius 1 is 1.07 bits per heavy atom. The van der Waals surface area contributed by atoms with Crippen LogP contribution in [-0.2, 0) is 24.1 Å². The van der Waals surface area contributed by atoms with Crippen LogP contribution in [0.3, 0.4) is 0 Å². The quantitative estimate of drug-likeness (QED) is 0.540. The van der Waals surface area contributed by atoms with Gasteiger partial charge >= 0.3 is 11.2 Å². The molecule has 0 N–H and O–H groups in total. The molecular formula is C21H27N5O4. The van der Waals surface area contributed by atoms with Crippen LogP contribution in [0.15, 0.2) is 29.1 Å². The topological polar surface area (TPSA) is 93.7 Å². The number of nitro groups is 1. The van der Waals surface area contributed by atoms with Gasteiger partial charge in [0, 0.05) is 39.3 Å². The summed E-state index contributed by atoms with van der Waals surface area (Å²) in [6.45, 7) is 6.91. The number of hydrogen-bond donors (Lipinski definition) is 0. The SMILES string of the molecule is Cc1nc(N2CCc3ccccc3CC2)c([N+](=O)[O-])c(=O)n1CCN1CCOCC1. The maximum absolute atomic E-state index is 13.1. The summed E-state index contributed by atoms with van der Waals surface area (Å²) in [7, 11) is 0. The fourth-order valence-electron chi connectivity index (χ4n) is 4.23. The van der Waals surface area contributed by atoms with Gasteiger partial charge in [-0.15, -0.1) is 0 Å². The summed E-state index contributed by atoms with van der Waals surface area (Å²) >= 11 is 0. The van der Waals surface area contributed by atoms with Gasteiger partial charge < -0.3 is 9.64 Å². The molecule has 1 aromatic heterocycles. The third kappa shape index (κ3) is 4.22. The number of rotatable bonds is 5. The van der Waals surface area contributed by atoms with Gasteiger partial charge in [-0.1, -0.05) is 24.3 Å². The Labute approximate surface area is 175 Å². The van der Waals surface area contributed by atoms with E-state index < -0.39 is 16.2 Å². The fourth-order valence-corrected chi connectivity index (χ4v) is 4.23. The average molecular weight is 413 g/mol. The number of morpholine rings is 1. The Balaban J connectivity index is 1.60. The van der Waals surface area contributed by atoms with Crippen molar-refractivity contribution in [3.8, 4) is 0 Å². The van der Waals surface area contributed by atoms with Crippen molar-refractivity contribution in [1.29, 1.82) is 0 Å². The highest BCUT2D eigenvalue weighted by Crippen LogP contribution is 2.26. The molecule has 1 fully saturated rings. The Kier molecular flexibility index (Phi) is 6.10. The van der Waals surface area contributed by atoms with Crippen LogP contribution >= 0.6 is 0 Å². The molecule has 0 atom stereocenters. The first kappa shape index (κ1) is 20.5. The van der Waals surface area contributed by atoms with Crippen molar-refractivity contribution in [3.05, 3.63) is 61.7 Å². The molecule has 4 rings (SSSR count). The largest absolute Gasteiger partial charge is 0.379 e. The van der Waals surface area contributed by atoms with Gasteiger partial charge in [-0.3, -0.25) is 24.4 Å². The molecule has 30 heavy (non-hydrogen) atoms. The van der Waals surface area contributed by atoms with Gasteiger partial charge in [0.2, 0.25) is 5.82 Å². The average Bonchev–Trinajstić information content (AvgIpc) is 2.96. The van der Waals surface area contributed by atoms with Crippen LogP contribution < -0.4 is 10.5 Å². The van der Waals surface area contributed by atoms with Crippen molar-refractivity contribution < 1.29 is 9.66 Å². The molecule has 0 amide bonds. The Morgan fingerprint density at radius 2 is 1.70 bits per heavy atom. The highest BCUT2D eigenvalue weighted by Gasteiger charge is 2.29. The second-order valence-corrected chi connectivity index (χ2v) is 7.75. The molecule has 0 aliphatic carbocycles. The summed E-state index contributed by atoms with van der Waals surface area (Å²) in [6.07, 6.45) is 1.54. The zero-order valence-corrected chi connectivity index (χ0v) is 17.2. The predicted molar refractivity (Wildman–Crippen MR) is 113 cm³/mol. The Bertz CT molecular complexity index is 957. The molecule has 0 saturated carbocycles. The van der Waals surface area contributed by atoms with Gasteiger partial charge in [0.25, 0.3) is 0 Å². The van der Waals surface area contributed by atoms with E-state index in [1.165, 1.54) is 15.7 Å². The van der Waals surface area contributed by atoms with E-state index in [4.69, 9.17) is 4.74 Å². The van der Waals surface area contributed by atoms with Crippen LogP contribution in [0.25, 0.3) is 0 Å². The second kappa shape index (κ2) is 8.93. The molecule has 0 spiro atoms. The van der Waals surface area contributed by atoms with Gasteiger partial charge in [-0.25, -0.2) is 4.98 Å². The lowest BCUT2D eigenvalue weighted by atomic mass is 10.0. The number of aromatic nitrogens is 2. The Hall–Kier alpha value is -2.78. The maximum atomic E-state index is 13.1. The van der Waals surface area contributed by atoms with Crippen LogP contribution in [0.2, 0.25) is 0 Å². The van der Waals surface area contributed by atoms with E-state index in [1.54, 1.807) is 6.92 Å². The van der Waals surface area contributed by atoms with Crippen LogP contribution in [0.1, 0.15) is 17.0 Å². The van der Waals surface area contributed by atoms with Crippen LogP contribution in [0.5, 0.6) is 0 Å². The van der Waals surface area contributed by atoms with Gasteiger partial charge in [-0.05, 0) is 30.9 Å². The normalized spacial score (nSPS) is 17.4. The molecule has 0 bridgehead atoms. The number of aryl methyl sites for hydroxylation is 1. The first-order valence-electron chi connectivity index (χ1n) is 10.4. The van der Waals surface area contributed by atoms with E-state index >= 15 is 0 Å².